The number of hydrogen-bond acceptors (Lipinski definition) is 5. The van der Waals surface area contributed by atoms with Gasteiger partial charge in [-0.15, -0.1) is 0 Å². The highest BCUT2D eigenvalue weighted by Gasteiger charge is 2.30. The van der Waals surface area contributed by atoms with Crippen molar-refractivity contribution in [2.45, 2.75) is 25.3 Å². The minimum Gasteiger partial charge on any atom is -0.497 e. The lowest BCUT2D eigenvalue weighted by molar-refractivity contribution is 0.0598. The first-order valence-electron chi connectivity index (χ1n) is 8.40. The number of carbonyl (C=O) groups is 1. The molecule has 0 unspecified atom stereocenters. The Morgan fingerprint density at radius 3 is 2.58 bits per heavy atom. The molecule has 0 spiro atoms. The van der Waals surface area contributed by atoms with E-state index in [-0.39, 0.29) is 5.97 Å². The number of rotatable bonds is 6. The SMILES string of the molecule is COC(=O)c1ccc(CN=C(N)Nc2ccc(OC)cc2)nc1C1CC1. The van der Waals surface area contributed by atoms with Gasteiger partial charge in [-0.25, -0.2) is 9.79 Å². The summed E-state index contributed by atoms with van der Waals surface area (Å²) in [6.07, 6.45) is 2.09. The van der Waals surface area contributed by atoms with Crippen LogP contribution in [0, 0.1) is 0 Å². The maximum atomic E-state index is 11.9. The number of methoxy groups -OCH3 is 2. The predicted molar refractivity (Wildman–Crippen MR) is 99.5 cm³/mol. The molecular weight excluding hydrogens is 332 g/mol. The highest BCUT2D eigenvalue weighted by molar-refractivity contribution is 5.92. The van der Waals surface area contributed by atoms with E-state index in [9.17, 15) is 4.79 Å². The maximum Gasteiger partial charge on any atom is 0.339 e. The predicted octanol–water partition coefficient (Wildman–Crippen LogP) is 2.68. The van der Waals surface area contributed by atoms with Crippen molar-refractivity contribution < 1.29 is 14.3 Å². The number of anilines is 1. The summed E-state index contributed by atoms with van der Waals surface area (Å²) in [5.74, 6) is 1.05. The second kappa shape index (κ2) is 7.86. The summed E-state index contributed by atoms with van der Waals surface area (Å²) in [5, 5.41) is 3.02. The van der Waals surface area contributed by atoms with E-state index in [1.165, 1.54) is 7.11 Å². The average Bonchev–Trinajstić information content (AvgIpc) is 3.51. The second-order valence-electron chi connectivity index (χ2n) is 6.06. The van der Waals surface area contributed by atoms with Gasteiger partial charge in [0.25, 0.3) is 0 Å². The van der Waals surface area contributed by atoms with E-state index in [4.69, 9.17) is 15.2 Å². The zero-order valence-electron chi connectivity index (χ0n) is 14.9. The minimum absolute atomic E-state index is 0.294. The Bertz CT molecular complexity index is 814. The van der Waals surface area contributed by atoms with Crippen LogP contribution in [0.1, 0.15) is 40.5 Å². The van der Waals surface area contributed by atoms with Gasteiger partial charge in [0.2, 0.25) is 0 Å². The molecule has 26 heavy (non-hydrogen) atoms. The fourth-order valence-corrected chi connectivity index (χ4v) is 2.58. The molecule has 2 aromatic rings. The lowest BCUT2D eigenvalue weighted by Gasteiger charge is -2.09. The Morgan fingerprint density at radius 1 is 1.23 bits per heavy atom. The number of aromatic nitrogens is 1. The van der Waals surface area contributed by atoms with Crippen LogP contribution in [-0.2, 0) is 11.3 Å². The lowest BCUT2D eigenvalue weighted by Crippen LogP contribution is -2.22. The quantitative estimate of drug-likeness (QED) is 0.470. The Kier molecular flexibility index (Phi) is 5.36. The van der Waals surface area contributed by atoms with E-state index >= 15 is 0 Å². The van der Waals surface area contributed by atoms with E-state index in [2.05, 4.69) is 15.3 Å². The van der Waals surface area contributed by atoms with Crippen LogP contribution in [0.15, 0.2) is 41.4 Å². The summed E-state index contributed by atoms with van der Waals surface area (Å²) in [6.45, 7) is 0.330. The number of benzene rings is 1. The zero-order valence-corrected chi connectivity index (χ0v) is 14.9. The number of nitrogens with two attached hydrogens (primary N) is 1. The van der Waals surface area contributed by atoms with Crippen LogP contribution >= 0.6 is 0 Å². The fourth-order valence-electron chi connectivity index (χ4n) is 2.58. The summed E-state index contributed by atoms with van der Waals surface area (Å²) in [6, 6.07) is 10.9. The lowest BCUT2D eigenvalue weighted by atomic mass is 10.1. The molecule has 0 atom stereocenters. The second-order valence-corrected chi connectivity index (χ2v) is 6.06. The highest BCUT2D eigenvalue weighted by Crippen LogP contribution is 2.40. The molecule has 0 saturated heterocycles. The van der Waals surface area contributed by atoms with Gasteiger partial charge in [0.05, 0.1) is 37.7 Å². The van der Waals surface area contributed by atoms with Crippen LogP contribution < -0.4 is 15.8 Å². The zero-order chi connectivity index (χ0) is 18.5. The number of hydrogen-bond donors (Lipinski definition) is 2. The molecular formula is C19H22N4O3. The number of nitrogens with one attached hydrogen (secondary N) is 1. The molecule has 3 N–H and O–H groups in total. The van der Waals surface area contributed by atoms with Crippen molar-refractivity contribution in [1.29, 1.82) is 0 Å². The smallest absolute Gasteiger partial charge is 0.339 e. The number of pyridine rings is 1. The third kappa shape index (κ3) is 4.30. The monoisotopic (exact) mass is 354 g/mol. The first-order chi connectivity index (χ1) is 12.6. The van der Waals surface area contributed by atoms with Gasteiger partial charge >= 0.3 is 5.97 Å². The van der Waals surface area contributed by atoms with Crippen molar-refractivity contribution in [1.82, 2.24) is 4.98 Å². The molecule has 1 aliphatic rings. The van der Waals surface area contributed by atoms with Crippen LogP contribution in [0.3, 0.4) is 0 Å². The molecule has 1 saturated carbocycles. The average molecular weight is 354 g/mol. The summed E-state index contributed by atoms with van der Waals surface area (Å²) in [7, 11) is 3.00. The molecule has 0 radical (unpaired) electrons. The van der Waals surface area contributed by atoms with Gasteiger partial charge in [-0.05, 0) is 49.2 Å². The van der Waals surface area contributed by atoms with Crippen molar-refractivity contribution >= 4 is 17.6 Å². The summed E-state index contributed by atoms with van der Waals surface area (Å²) >= 11 is 0. The van der Waals surface area contributed by atoms with E-state index < -0.39 is 0 Å². The molecule has 3 rings (SSSR count). The molecule has 1 aromatic carbocycles. The fraction of sp³-hybridized carbons (Fsp3) is 0.316. The number of nitrogens with zero attached hydrogens (tertiary/aromatic N) is 2. The van der Waals surface area contributed by atoms with Gasteiger partial charge in [0, 0.05) is 11.6 Å². The Hall–Kier alpha value is -3.09. The van der Waals surface area contributed by atoms with Crippen LogP contribution in [0.5, 0.6) is 5.75 Å². The van der Waals surface area contributed by atoms with Crippen molar-refractivity contribution in [3.05, 3.63) is 53.3 Å². The van der Waals surface area contributed by atoms with Crippen LogP contribution in [0.25, 0.3) is 0 Å². The molecule has 1 heterocycles. The molecule has 0 aliphatic heterocycles. The first kappa shape index (κ1) is 17.7. The van der Waals surface area contributed by atoms with Crippen molar-refractivity contribution in [2.24, 2.45) is 10.7 Å². The van der Waals surface area contributed by atoms with Crippen molar-refractivity contribution in [3.63, 3.8) is 0 Å². The summed E-state index contributed by atoms with van der Waals surface area (Å²) in [4.78, 5) is 20.8. The summed E-state index contributed by atoms with van der Waals surface area (Å²) < 4.78 is 9.95. The molecule has 7 nitrogen and oxygen atoms in total. The third-order valence-electron chi connectivity index (χ3n) is 4.13. The molecule has 1 aliphatic carbocycles. The van der Waals surface area contributed by atoms with Crippen LogP contribution in [-0.4, -0.2) is 31.1 Å². The van der Waals surface area contributed by atoms with Gasteiger partial charge in [-0.2, -0.15) is 0 Å². The molecule has 1 fully saturated rings. The normalized spacial score (nSPS) is 14.0. The molecule has 0 amide bonds. The number of esters is 1. The van der Waals surface area contributed by atoms with Crippen molar-refractivity contribution in [3.8, 4) is 5.75 Å². The minimum atomic E-state index is -0.352. The Balaban J connectivity index is 1.68. The number of carbonyl (C=O) groups excluding carboxylic acids is 1. The van der Waals surface area contributed by atoms with Gasteiger partial charge in [-0.3, -0.25) is 4.98 Å². The van der Waals surface area contributed by atoms with Gasteiger partial charge in [0.15, 0.2) is 5.96 Å². The number of ether oxygens (including phenoxy) is 2. The maximum absolute atomic E-state index is 11.9. The molecule has 7 heteroatoms. The van der Waals surface area contributed by atoms with E-state index in [1.54, 1.807) is 19.2 Å². The van der Waals surface area contributed by atoms with E-state index in [0.717, 1.165) is 35.7 Å². The van der Waals surface area contributed by atoms with Crippen LogP contribution in [0.4, 0.5) is 5.69 Å². The topological polar surface area (TPSA) is 98.8 Å². The number of guanidine groups is 1. The van der Waals surface area contributed by atoms with Crippen LogP contribution in [0.2, 0.25) is 0 Å². The first-order valence-corrected chi connectivity index (χ1v) is 8.40. The van der Waals surface area contributed by atoms with E-state index in [1.807, 2.05) is 24.3 Å². The largest absolute Gasteiger partial charge is 0.497 e. The van der Waals surface area contributed by atoms with Gasteiger partial charge in [0.1, 0.15) is 5.75 Å². The molecule has 0 bridgehead atoms. The Labute approximate surface area is 152 Å². The highest BCUT2D eigenvalue weighted by atomic mass is 16.5. The summed E-state index contributed by atoms with van der Waals surface area (Å²) in [5.41, 5.74) is 8.85. The van der Waals surface area contributed by atoms with Gasteiger partial charge < -0.3 is 20.5 Å². The molecule has 136 valence electrons. The number of aliphatic imine (C=N–C) groups is 1. The molecule has 1 aromatic heterocycles. The van der Waals surface area contributed by atoms with Gasteiger partial charge in [-0.1, -0.05) is 0 Å². The van der Waals surface area contributed by atoms with E-state index in [0.29, 0.717) is 24.0 Å². The standard InChI is InChI=1S/C19H22N4O3/c1-25-15-8-5-13(6-9-15)23-19(20)21-11-14-7-10-16(18(24)26-2)17(22-14)12-3-4-12/h5-10,12H,3-4,11H2,1-2H3,(H3,20,21,23). The Morgan fingerprint density at radius 2 is 1.96 bits per heavy atom. The van der Waals surface area contributed by atoms with Crippen molar-refractivity contribution in [2.75, 3.05) is 19.5 Å². The third-order valence-corrected chi connectivity index (χ3v) is 4.13.